The van der Waals surface area contributed by atoms with Crippen LogP contribution >= 0.6 is 0 Å². The van der Waals surface area contributed by atoms with E-state index in [4.69, 9.17) is 5.11 Å². The van der Waals surface area contributed by atoms with E-state index in [1.165, 1.54) is 0 Å². The first kappa shape index (κ1) is 14.7. The molecule has 0 spiro atoms. The summed E-state index contributed by atoms with van der Waals surface area (Å²) >= 11 is 0. The van der Waals surface area contributed by atoms with Crippen molar-refractivity contribution in [2.45, 2.75) is 62.3 Å². The highest BCUT2D eigenvalue weighted by atomic mass is 32.2. The van der Waals surface area contributed by atoms with Crippen LogP contribution in [0.25, 0.3) is 0 Å². The predicted molar refractivity (Wildman–Crippen MR) is 69.1 cm³/mol. The fraction of sp³-hybridized carbons (Fsp3) is 0.917. The Morgan fingerprint density at radius 2 is 1.74 bits per heavy atom. The van der Waals surface area contributed by atoms with Crippen molar-refractivity contribution in [1.82, 2.24) is 4.72 Å². The average molecular weight is 291 g/mol. The fourth-order valence-corrected chi connectivity index (χ4v) is 5.16. The van der Waals surface area contributed by atoms with Gasteiger partial charge in [0, 0.05) is 6.04 Å². The molecular weight excluding hydrogens is 270 g/mol. The lowest BCUT2D eigenvalue weighted by Gasteiger charge is -2.29. The zero-order valence-corrected chi connectivity index (χ0v) is 11.6. The third-order valence-corrected chi connectivity index (χ3v) is 6.21. The number of carbonyl (C=O) groups is 1. The zero-order valence-electron chi connectivity index (χ0n) is 10.8. The Hall–Kier alpha value is -0.660. The molecule has 2 unspecified atom stereocenters. The van der Waals surface area contributed by atoms with Gasteiger partial charge >= 0.3 is 5.97 Å². The molecule has 7 heteroatoms. The second-order valence-corrected chi connectivity index (χ2v) is 7.47. The molecule has 6 nitrogen and oxygen atoms in total. The number of aliphatic hydroxyl groups excluding tert-OH is 1. The number of hydrogen-bond donors (Lipinski definition) is 3. The summed E-state index contributed by atoms with van der Waals surface area (Å²) in [5, 5.41) is 18.0. The SMILES string of the molecule is O=C(O)C1CCCC1S(=O)(=O)N[C@@H]1CCCC[C@H]1O. The van der Waals surface area contributed by atoms with Crippen LogP contribution in [0.2, 0.25) is 0 Å². The number of nitrogens with one attached hydrogen (secondary N) is 1. The monoisotopic (exact) mass is 291 g/mol. The number of aliphatic carboxylic acids is 1. The lowest BCUT2D eigenvalue weighted by Crippen LogP contribution is -2.49. The Morgan fingerprint density at radius 3 is 2.37 bits per heavy atom. The summed E-state index contributed by atoms with van der Waals surface area (Å²) in [7, 11) is -3.68. The minimum absolute atomic E-state index is 0.384. The highest BCUT2D eigenvalue weighted by molar-refractivity contribution is 7.90. The van der Waals surface area contributed by atoms with Crippen molar-refractivity contribution < 1.29 is 23.4 Å². The Balaban J connectivity index is 2.07. The first-order valence-electron chi connectivity index (χ1n) is 6.84. The third kappa shape index (κ3) is 3.27. The van der Waals surface area contributed by atoms with E-state index in [1.54, 1.807) is 0 Å². The molecule has 2 saturated carbocycles. The zero-order chi connectivity index (χ0) is 14.0. The van der Waals surface area contributed by atoms with Gasteiger partial charge in [0.1, 0.15) is 0 Å². The van der Waals surface area contributed by atoms with Crippen molar-refractivity contribution >= 4 is 16.0 Å². The van der Waals surface area contributed by atoms with Gasteiger partial charge in [0.2, 0.25) is 10.0 Å². The standard InChI is InChI=1S/C12H21NO5S/c14-10-6-2-1-5-9(10)13-19(17,18)11-7-3-4-8(11)12(15)16/h8-11,13-14H,1-7H2,(H,15,16)/t8?,9-,10-,11?/m1/s1. The second kappa shape index (κ2) is 5.76. The fourth-order valence-electron chi connectivity index (χ4n) is 3.13. The highest BCUT2D eigenvalue weighted by Gasteiger charge is 2.43. The number of carboxylic acid groups (broad SMARTS) is 1. The predicted octanol–water partition coefficient (Wildman–Crippen LogP) is 0.463. The molecule has 110 valence electrons. The maximum absolute atomic E-state index is 12.3. The molecule has 2 fully saturated rings. The molecule has 0 aromatic heterocycles. The van der Waals surface area contributed by atoms with Crippen LogP contribution in [0.15, 0.2) is 0 Å². The maximum atomic E-state index is 12.3. The Kier molecular flexibility index (Phi) is 4.47. The van der Waals surface area contributed by atoms with Crippen LogP contribution in [0.1, 0.15) is 44.9 Å². The molecule has 2 aliphatic rings. The van der Waals surface area contributed by atoms with Crippen molar-refractivity contribution in [2.75, 3.05) is 0 Å². The van der Waals surface area contributed by atoms with Crippen LogP contribution in [-0.2, 0) is 14.8 Å². The molecule has 0 aromatic rings. The summed E-state index contributed by atoms with van der Waals surface area (Å²) in [6.45, 7) is 0. The van der Waals surface area contributed by atoms with Crippen LogP contribution in [0, 0.1) is 5.92 Å². The maximum Gasteiger partial charge on any atom is 0.307 e. The molecule has 3 N–H and O–H groups in total. The summed E-state index contributed by atoms with van der Waals surface area (Å²) in [6, 6.07) is -0.464. The van der Waals surface area contributed by atoms with Crippen molar-refractivity contribution in [3.63, 3.8) is 0 Å². The van der Waals surface area contributed by atoms with Gasteiger partial charge in [-0.3, -0.25) is 4.79 Å². The molecule has 0 saturated heterocycles. The van der Waals surface area contributed by atoms with E-state index in [9.17, 15) is 18.3 Å². The van der Waals surface area contributed by atoms with Crippen LogP contribution < -0.4 is 4.72 Å². The lowest BCUT2D eigenvalue weighted by atomic mass is 9.93. The largest absolute Gasteiger partial charge is 0.481 e. The molecule has 2 rings (SSSR count). The van der Waals surface area contributed by atoms with Crippen LogP contribution in [-0.4, -0.2) is 42.0 Å². The Labute approximate surface area is 113 Å². The van der Waals surface area contributed by atoms with Crippen LogP contribution in [0.4, 0.5) is 0 Å². The minimum atomic E-state index is -3.68. The summed E-state index contributed by atoms with van der Waals surface area (Å²) in [5.41, 5.74) is 0. The third-order valence-electron chi connectivity index (χ3n) is 4.21. The number of rotatable bonds is 4. The topological polar surface area (TPSA) is 104 Å². The van der Waals surface area contributed by atoms with Crippen LogP contribution in [0.3, 0.4) is 0 Å². The highest BCUT2D eigenvalue weighted by Crippen LogP contribution is 2.32. The Bertz CT molecular complexity index is 435. The van der Waals surface area contributed by atoms with Gasteiger partial charge in [0.05, 0.1) is 17.3 Å². The van der Waals surface area contributed by atoms with E-state index in [0.29, 0.717) is 32.1 Å². The number of aliphatic hydroxyl groups is 1. The van der Waals surface area contributed by atoms with Crippen molar-refractivity contribution in [3.8, 4) is 0 Å². The van der Waals surface area contributed by atoms with Crippen LogP contribution in [0.5, 0.6) is 0 Å². The molecule has 0 heterocycles. The van der Waals surface area contributed by atoms with Gasteiger partial charge in [-0.05, 0) is 25.7 Å². The summed E-state index contributed by atoms with van der Waals surface area (Å²) in [5.74, 6) is -1.87. The van der Waals surface area contributed by atoms with E-state index < -0.39 is 39.3 Å². The van der Waals surface area contributed by atoms with Gasteiger partial charge in [0.25, 0.3) is 0 Å². The van der Waals surface area contributed by atoms with E-state index in [0.717, 1.165) is 12.8 Å². The molecule has 4 atom stereocenters. The summed E-state index contributed by atoms with van der Waals surface area (Å²) < 4.78 is 27.1. The molecule has 2 aliphatic carbocycles. The smallest absolute Gasteiger partial charge is 0.307 e. The van der Waals surface area contributed by atoms with E-state index in [1.807, 2.05) is 0 Å². The van der Waals surface area contributed by atoms with Gasteiger partial charge < -0.3 is 10.2 Å². The first-order chi connectivity index (χ1) is 8.92. The number of hydrogen-bond acceptors (Lipinski definition) is 4. The van der Waals surface area contributed by atoms with Crippen molar-refractivity contribution in [1.29, 1.82) is 0 Å². The van der Waals surface area contributed by atoms with Crippen molar-refractivity contribution in [3.05, 3.63) is 0 Å². The minimum Gasteiger partial charge on any atom is -0.481 e. The molecule has 0 aromatic carbocycles. The second-order valence-electron chi connectivity index (χ2n) is 5.54. The van der Waals surface area contributed by atoms with E-state index in [-0.39, 0.29) is 0 Å². The molecule has 0 amide bonds. The van der Waals surface area contributed by atoms with Crippen molar-refractivity contribution in [2.24, 2.45) is 5.92 Å². The normalized spacial score (nSPS) is 36.3. The average Bonchev–Trinajstić information content (AvgIpc) is 2.82. The summed E-state index contributed by atoms with van der Waals surface area (Å²) in [6.07, 6.45) is 3.76. The van der Waals surface area contributed by atoms with Gasteiger partial charge in [-0.15, -0.1) is 0 Å². The molecular formula is C12H21NO5S. The van der Waals surface area contributed by atoms with E-state index >= 15 is 0 Å². The van der Waals surface area contributed by atoms with Gasteiger partial charge in [-0.1, -0.05) is 19.3 Å². The van der Waals surface area contributed by atoms with Gasteiger partial charge in [0.15, 0.2) is 0 Å². The quantitative estimate of drug-likeness (QED) is 0.698. The molecule has 19 heavy (non-hydrogen) atoms. The molecule has 0 radical (unpaired) electrons. The van der Waals surface area contributed by atoms with E-state index in [2.05, 4.69) is 4.72 Å². The molecule has 0 bridgehead atoms. The van der Waals surface area contributed by atoms with Gasteiger partial charge in [-0.25, -0.2) is 13.1 Å². The lowest BCUT2D eigenvalue weighted by molar-refractivity contribution is -0.141. The van der Waals surface area contributed by atoms with Gasteiger partial charge in [-0.2, -0.15) is 0 Å². The summed E-state index contributed by atoms with van der Waals surface area (Å²) in [4.78, 5) is 11.1. The Morgan fingerprint density at radius 1 is 1.05 bits per heavy atom. The number of carboxylic acids is 1. The first-order valence-corrected chi connectivity index (χ1v) is 8.38. The molecule has 0 aliphatic heterocycles. The number of sulfonamides is 1.